The number of H-pyrrole nitrogens is 1. The van der Waals surface area contributed by atoms with Crippen LogP contribution in [-0.4, -0.2) is 158 Å². The Kier molecular flexibility index (Phi) is 26.8. The third-order valence-electron chi connectivity index (χ3n) is 14.0. The molecule has 3 aromatic carbocycles. The van der Waals surface area contributed by atoms with Crippen molar-refractivity contribution in [2.45, 2.75) is 141 Å². The number of rotatable bonds is 33. The highest BCUT2D eigenvalue weighted by molar-refractivity contribution is 7.80. The SMILES string of the molecule is CC[C@H](C)[C@H](NC(=O)[C@H](Cc1ccc(O)cc1)NC(=O)[C@H](CC(N)=O)NC(=O)[C@H](Cc1c[nH]c2ccccc12)NC(=O)[C@@H](NC(=O)[C@H](Cc1ccccc1)NC(=O)[C@@H](NC(=O)[C@H](C)N)C(C)C)C(C)C)C(=O)N[C@@H](CO)C(=O)N[C@@H](CS)C(=O)O. The topological polar surface area (TPSA) is 425 Å². The summed E-state index contributed by atoms with van der Waals surface area (Å²) in [6, 6.07) is 7.00. The lowest BCUT2D eigenvalue weighted by Gasteiger charge is -2.30. The van der Waals surface area contributed by atoms with Crippen molar-refractivity contribution in [3.05, 3.63) is 102 Å². The molecule has 462 valence electrons. The fraction of sp³-hybridized carbons (Fsp3) is 0.466. The molecule has 0 unspecified atom stereocenters. The number of aromatic amines is 1. The van der Waals surface area contributed by atoms with E-state index in [0.717, 1.165) is 0 Å². The van der Waals surface area contributed by atoms with Gasteiger partial charge in [-0.25, -0.2) is 4.79 Å². The smallest absolute Gasteiger partial charge is 0.327 e. The summed E-state index contributed by atoms with van der Waals surface area (Å²) in [4.78, 5) is 154. The molecule has 0 saturated carbocycles. The third-order valence-corrected chi connectivity index (χ3v) is 14.4. The molecule has 0 aliphatic carbocycles. The number of para-hydroxylation sites is 1. The summed E-state index contributed by atoms with van der Waals surface area (Å²) in [6.45, 7) is 10.4. The summed E-state index contributed by atoms with van der Waals surface area (Å²) in [5.74, 6) is -12.8. The molecule has 0 aliphatic heterocycles. The molecule has 10 amide bonds. The second-order valence-corrected chi connectivity index (χ2v) is 21.9. The number of aromatic nitrogens is 1. The van der Waals surface area contributed by atoms with Gasteiger partial charge >= 0.3 is 5.97 Å². The molecule has 1 aromatic heterocycles. The van der Waals surface area contributed by atoms with Gasteiger partial charge in [0.25, 0.3) is 0 Å². The van der Waals surface area contributed by atoms with Crippen molar-refractivity contribution >= 4 is 88.6 Å². The fourth-order valence-corrected chi connectivity index (χ4v) is 9.07. The first kappa shape index (κ1) is 68.9. The van der Waals surface area contributed by atoms with Crippen LogP contribution >= 0.6 is 12.6 Å². The Morgan fingerprint density at radius 3 is 1.45 bits per heavy atom. The van der Waals surface area contributed by atoms with Crippen molar-refractivity contribution in [2.24, 2.45) is 29.2 Å². The number of aromatic hydroxyl groups is 1. The van der Waals surface area contributed by atoms with Crippen LogP contribution < -0.4 is 59.3 Å². The van der Waals surface area contributed by atoms with E-state index in [1.54, 1.807) is 102 Å². The molecular formula is C58H80N12O14S. The standard InChI is InChI=1S/C58H80N12O14S/c1-8-31(6)48(57(82)66-43(27-71)54(79)67-44(28-85)58(83)84)70-53(78)39(23-34-18-20-36(72)21-19-34)62-51(76)42(25-45(60)73)63-50(75)41(24-35-26-61-38-17-13-12-16-37(35)38)65-56(81)47(30(4)5)69-52(77)40(22-33-14-10-9-11-15-33)64-55(80)46(29(2)3)68-49(74)32(7)59/h9-21,26,29-32,39-44,46-48,61,71-72,85H,8,22-25,27-28,59H2,1-7H3,(H2,60,73)(H,62,76)(H,63,75)(H,64,80)(H,65,81)(H,66,82)(H,67,79)(H,68,74)(H,69,77)(H,70,78)(H,83,84)/t31-,32-,39-,40-,41-,42-,43-,44-,46-,47-,48-/m0/s1. The number of fused-ring (bicyclic) bond motifs is 1. The lowest BCUT2D eigenvalue weighted by atomic mass is 9.96. The molecule has 0 aliphatic rings. The zero-order valence-electron chi connectivity index (χ0n) is 48.5. The Morgan fingerprint density at radius 2 is 0.941 bits per heavy atom. The van der Waals surface area contributed by atoms with Crippen molar-refractivity contribution in [2.75, 3.05) is 12.4 Å². The number of carbonyl (C=O) groups is 11. The molecule has 4 aromatic rings. The highest BCUT2D eigenvalue weighted by Crippen LogP contribution is 2.21. The lowest BCUT2D eigenvalue weighted by Crippen LogP contribution is -2.62. The summed E-state index contributed by atoms with van der Waals surface area (Å²) >= 11 is 3.92. The number of thiol groups is 1. The number of carbonyl (C=O) groups excluding carboxylic acids is 10. The lowest BCUT2D eigenvalue weighted by molar-refractivity contribution is -0.142. The quantitative estimate of drug-likeness (QED) is 0.0251. The van der Waals surface area contributed by atoms with Crippen LogP contribution in [0, 0.1) is 17.8 Å². The molecule has 0 spiro atoms. The number of phenolic OH excluding ortho intramolecular Hbond substituents is 1. The minimum Gasteiger partial charge on any atom is -0.508 e. The molecule has 26 nitrogen and oxygen atoms in total. The van der Waals surface area contributed by atoms with Gasteiger partial charge in [0.15, 0.2) is 0 Å². The van der Waals surface area contributed by atoms with E-state index in [1.807, 2.05) is 0 Å². The number of hydrogen-bond donors (Lipinski definition) is 16. The zero-order valence-corrected chi connectivity index (χ0v) is 49.4. The Balaban J connectivity index is 1.69. The summed E-state index contributed by atoms with van der Waals surface area (Å²) in [5.41, 5.74) is 13.7. The number of aliphatic hydroxyl groups excluding tert-OH is 1. The molecule has 0 fully saturated rings. The van der Waals surface area contributed by atoms with Gasteiger partial charge < -0.3 is 79.6 Å². The van der Waals surface area contributed by atoms with Crippen LogP contribution in [-0.2, 0) is 72.0 Å². The molecule has 4 rings (SSSR count). The van der Waals surface area contributed by atoms with E-state index in [2.05, 4.69) is 65.5 Å². The molecule has 17 N–H and O–H groups in total. The summed E-state index contributed by atoms with van der Waals surface area (Å²) < 4.78 is 0. The number of nitrogens with two attached hydrogens (primary N) is 2. The minimum absolute atomic E-state index is 0.0444. The predicted octanol–water partition coefficient (Wildman–Crippen LogP) is -1.15. The van der Waals surface area contributed by atoms with Gasteiger partial charge in [-0.1, -0.05) is 109 Å². The van der Waals surface area contributed by atoms with E-state index in [9.17, 15) is 68.1 Å². The van der Waals surface area contributed by atoms with Crippen LogP contribution in [0.4, 0.5) is 0 Å². The van der Waals surface area contributed by atoms with Gasteiger partial charge in [0.05, 0.1) is 19.1 Å². The molecule has 1 heterocycles. The normalized spacial score (nSPS) is 15.2. The van der Waals surface area contributed by atoms with Gasteiger partial charge in [0.1, 0.15) is 60.1 Å². The van der Waals surface area contributed by atoms with Gasteiger partial charge in [0, 0.05) is 42.1 Å². The molecule has 0 radical (unpaired) electrons. The number of nitrogens with one attached hydrogen (secondary N) is 10. The Labute approximate surface area is 497 Å². The maximum Gasteiger partial charge on any atom is 0.327 e. The summed E-state index contributed by atoms with van der Waals surface area (Å²) in [6.07, 6.45) is 0.439. The number of primary amides is 1. The molecule has 11 atom stereocenters. The van der Waals surface area contributed by atoms with Crippen molar-refractivity contribution < 1.29 is 68.1 Å². The number of amides is 10. The molecule has 27 heteroatoms. The largest absolute Gasteiger partial charge is 0.508 e. The van der Waals surface area contributed by atoms with Gasteiger partial charge in [-0.3, -0.25) is 47.9 Å². The van der Waals surface area contributed by atoms with Crippen LogP contribution in [0.1, 0.15) is 78.0 Å². The number of hydrogen-bond acceptors (Lipinski definition) is 15. The summed E-state index contributed by atoms with van der Waals surface area (Å²) in [5, 5.41) is 53.1. The average Bonchev–Trinajstić information content (AvgIpc) is 4.17. The van der Waals surface area contributed by atoms with E-state index >= 15 is 0 Å². The van der Waals surface area contributed by atoms with Crippen molar-refractivity contribution in [1.29, 1.82) is 0 Å². The van der Waals surface area contributed by atoms with E-state index in [1.165, 1.54) is 31.2 Å². The maximum absolute atomic E-state index is 14.8. The number of carboxylic acids is 1. The van der Waals surface area contributed by atoms with Crippen LogP contribution in [0.15, 0.2) is 85.1 Å². The second-order valence-electron chi connectivity index (χ2n) is 21.5. The van der Waals surface area contributed by atoms with Gasteiger partial charge in [-0.15, -0.1) is 0 Å². The second kappa shape index (κ2) is 33.1. The monoisotopic (exact) mass is 1200 g/mol. The van der Waals surface area contributed by atoms with Crippen LogP contribution in [0.3, 0.4) is 0 Å². The molecular weight excluding hydrogens is 1120 g/mol. The first-order valence-corrected chi connectivity index (χ1v) is 28.4. The third kappa shape index (κ3) is 20.9. The van der Waals surface area contributed by atoms with Gasteiger partial charge in [-0.05, 0) is 59.6 Å². The number of aliphatic carboxylic acids is 1. The first-order chi connectivity index (χ1) is 40.2. The van der Waals surface area contributed by atoms with Gasteiger partial charge in [-0.2, -0.15) is 12.6 Å². The van der Waals surface area contributed by atoms with Crippen LogP contribution in [0.25, 0.3) is 10.9 Å². The Bertz CT molecular complexity index is 2980. The Hall–Kier alpha value is -8.56. The van der Waals surface area contributed by atoms with Crippen molar-refractivity contribution in [3.63, 3.8) is 0 Å². The van der Waals surface area contributed by atoms with E-state index in [-0.39, 0.29) is 37.2 Å². The summed E-state index contributed by atoms with van der Waals surface area (Å²) in [7, 11) is 0. The minimum atomic E-state index is -1.83. The molecule has 0 saturated heterocycles. The molecule has 85 heavy (non-hydrogen) atoms. The van der Waals surface area contributed by atoms with E-state index in [4.69, 9.17) is 11.5 Å². The van der Waals surface area contributed by atoms with E-state index < -0.39 is 156 Å². The number of benzene rings is 3. The van der Waals surface area contributed by atoms with Crippen molar-refractivity contribution in [1.82, 2.24) is 52.8 Å². The number of carboxylic acid groups (broad SMARTS) is 1. The molecule has 0 bridgehead atoms. The van der Waals surface area contributed by atoms with Crippen LogP contribution in [0.2, 0.25) is 0 Å². The average molecular weight is 1200 g/mol. The number of aliphatic hydroxyl groups is 1. The zero-order chi connectivity index (χ0) is 63.2. The maximum atomic E-state index is 14.8. The van der Waals surface area contributed by atoms with Crippen LogP contribution in [0.5, 0.6) is 5.75 Å². The van der Waals surface area contributed by atoms with Gasteiger partial charge in [0.2, 0.25) is 59.1 Å². The fourth-order valence-electron chi connectivity index (χ4n) is 8.82. The highest BCUT2D eigenvalue weighted by atomic mass is 32.1. The first-order valence-electron chi connectivity index (χ1n) is 27.8. The van der Waals surface area contributed by atoms with E-state index in [0.29, 0.717) is 27.6 Å². The predicted molar refractivity (Wildman–Crippen MR) is 317 cm³/mol. The highest BCUT2D eigenvalue weighted by Gasteiger charge is 2.38. The van der Waals surface area contributed by atoms with Crippen molar-refractivity contribution in [3.8, 4) is 5.75 Å². The number of phenols is 1. The Morgan fingerprint density at radius 1 is 0.518 bits per heavy atom.